The number of para-hydroxylation sites is 1. The SMILES string of the molecule is Cn1c2ccccc2c(=O)c2c([N+](=O)[O-])ccc(Cl)c21. The van der Waals surface area contributed by atoms with Gasteiger partial charge in [-0.15, -0.1) is 0 Å². The van der Waals surface area contributed by atoms with E-state index in [1.54, 1.807) is 35.9 Å². The van der Waals surface area contributed by atoms with Gasteiger partial charge in [0.15, 0.2) is 0 Å². The Hall–Kier alpha value is -2.40. The van der Waals surface area contributed by atoms with E-state index in [4.69, 9.17) is 11.6 Å². The molecule has 0 N–H and O–H groups in total. The fourth-order valence-electron chi connectivity index (χ4n) is 2.47. The molecule has 3 aromatic rings. The lowest BCUT2D eigenvalue weighted by Crippen LogP contribution is -2.11. The molecule has 2 aromatic carbocycles. The predicted octanol–water partition coefficient (Wildman–Crippen LogP) is 3.25. The largest absolute Gasteiger partial charge is 0.342 e. The third-order valence-electron chi connectivity index (χ3n) is 3.38. The van der Waals surface area contributed by atoms with Crippen LogP contribution in [0, 0.1) is 10.1 Å². The van der Waals surface area contributed by atoms with E-state index in [1.165, 1.54) is 12.1 Å². The van der Waals surface area contributed by atoms with Crippen molar-refractivity contribution < 1.29 is 4.92 Å². The molecule has 0 aliphatic carbocycles. The van der Waals surface area contributed by atoms with E-state index in [-0.39, 0.29) is 16.5 Å². The molecule has 6 heteroatoms. The maximum atomic E-state index is 12.5. The Morgan fingerprint density at radius 2 is 1.90 bits per heavy atom. The number of non-ortho nitro benzene ring substituents is 1. The van der Waals surface area contributed by atoms with E-state index in [0.717, 1.165) is 0 Å². The van der Waals surface area contributed by atoms with Crippen LogP contribution in [0.2, 0.25) is 5.02 Å². The molecule has 0 amide bonds. The molecular formula is C14H9ClN2O3. The molecule has 1 heterocycles. The average Bonchev–Trinajstić information content (AvgIpc) is 2.44. The number of nitro benzene ring substituents is 1. The van der Waals surface area contributed by atoms with Gasteiger partial charge in [0.25, 0.3) is 5.69 Å². The minimum Gasteiger partial charge on any atom is -0.342 e. The van der Waals surface area contributed by atoms with Gasteiger partial charge in [-0.1, -0.05) is 23.7 Å². The van der Waals surface area contributed by atoms with E-state index in [0.29, 0.717) is 21.4 Å². The van der Waals surface area contributed by atoms with Crippen LogP contribution < -0.4 is 5.43 Å². The predicted molar refractivity (Wildman–Crippen MR) is 78.4 cm³/mol. The normalized spacial score (nSPS) is 11.1. The first-order chi connectivity index (χ1) is 9.52. The second-order valence-corrected chi connectivity index (χ2v) is 4.86. The third kappa shape index (κ3) is 1.60. The maximum Gasteiger partial charge on any atom is 0.282 e. The van der Waals surface area contributed by atoms with Crippen LogP contribution in [-0.2, 0) is 7.05 Å². The number of hydrogen-bond donors (Lipinski definition) is 0. The van der Waals surface area contributed by atoms with Crippen molar-refractivity contribution in [3.8, 4) is 0 Å². The van der Waals surface area contributed by atoms with Crippen molar-refractivity contribution in [2.75, 3.05) is 0 Å². The summed E-state index contributed by atoms with van der Waals surface area (Å²) in [4.78, 5) is 23.1. The topological polar surface area (TPSA) is 65.1 Å². The minimum absolute atomic E-state index is 0.0451. The molecule has 1 aromatic heterocycles. The lowest BCUT2D eigenvalue weighted by Gasteiger charge is -2.11. The van der Waals surface area contributed by atoms with Gasteiger partial charge >= 0.3 is 0 Å². The minimum atomic E-state index is -0.561. The summed E-state index contributed by atoms with van der Waals surface area (Å²) in [6, 6.07) is 9.68. The Kier molecular flexibility index (Phi) is 2.72. The van der Waals surface area contributed by atoms with Gasteiger partial charge in [-0.2, -0.15) is 0 Å². The number of benzene rings is 2. The number of nitro groups is 1. The highest BCUT2D eigenvalue weighted by atomic mass is 35.5. The summed E-state index contributed by atoms with van der Waals surface area (Å²) in [5.41, 5.74) is 0.468. The fourth-order valence-corrected chi connectivity index (χ4v) is 2.76. The summed E-state index contributed by atoms with van der Waals surface area (Å²) in [7, 11) is 1.74. The van der Waals surface area contributed by atoms with Crippen LogP contribution in [-0.4, -0.2) is 9.49 Å². The first-order valence-corrected chi connectivity index (χ1v) is 6.24. The van der Waals surface area contributed by atoms with Gasteiger partial charge in [-0.05, 0) is 18.2 Å². The lowest BCUT2D eigenvalue weighted by atomic mass is 10.1. The summed E-state index contributed by atoms with van der Waals surface area (Å²) in [5, 5.41) is 11.9. The van der Waals surface area contributed by atoms with E-state index >= 15 is 0 Å². The summed E-state index contributed by atoms with van der Waals surface area (Å²) in [6.07, 6.45) is 0. The Labute approximate surface area is 118 Å². The van der Waals surface area contributed by atoms with E-state index in [9.17, 15) is 14.9 Å². The third-order valence-corrected chi connectivity index (χ3v) is 3.68. The molecule has 0 atom stereocenters. The van der Waals surface area contributed by atoms with Gasteiger partial charge in [0.2, 0.25) is 5.43 Å². The molecule has 0 spiro atoms. The molecule has 5 nitrogen and oxygen atoms in total. The molecule has 0 saturated heterocycles. The molecule has 20 heavy (non-hydrogen) atoms. The summed E-state index contributed by atoms with van der Waals surface area (Å²) >= 11 is 6.13. The summed E-state index contributed by atoms with van der Waals surface area (Å²) in [5.74, 6) is 0. The van der Waals surface area contributed by atoms with Gasteiger partial charge in [0, 0.05) is 18.5 Å². The van der Waals surface area contributed by atoms with Gasteiger partial charge in [0.05, 0.1) is 21.0 Å². The molecule has 0 bridgehead atoms. The van der Waals surface area contributed by atoms with Crippen LogP contribution in [0.15, 0.2) is 41.2 Å². The maximum absolute atomic E-state index is 12.5. The van der Waals surface area contributed by atoms with Crippen LogP contribution >= 0.6 is 11.6 Å². The highest BCUT2D eigenvalue weighted by Crippen LogP contribution is 2.30. The van der Waals surface area contributed by atoms with Crippen molar-refractivity contribution in [3.63, 3.8) is 0 Å². The number of aromatic nitrogens is 1. The van der Waals surface area contributed by atoms with Crippen LogP contribution in [0.25, 0.3) is 21.8 Å². The highest BCUT2D eigenvalue weighted by molar-refractivity contribution is 6.35. The van der Waals surface area contributed by atoms with Crippen LogP contribution in [0.4, 0.5) is 5.69 Å². The number of pyridine rings is 1. The van der Waals surface area contributed by atoms with Crippen molar-refractivity contribution >= 4 is 39.1 Å². The first-order valence-electron chi connectivity index (χ1n) is 5.86. The number of halogens is 1. The Morgan fingerprint density at radius 3 is 2.60 bits per heavy atom. The van der Waals surface area contributed by atoms with Crippen LogP contribution in [0.1, 0.15) is 0 Å². The van der Waals surface area contributed by atoms with Crippen molar-refractivity contribution in [3.05, 3.63) is 61.8 Å². The molecule has 0 saturated carbocycles. The van der Waals surface area contributed by atoms with Gasteiger partial charge in [-0.25, -0.2) is 0 Å². The lowest BCUT2D eigenvalue weighted by molar-refractivity contribution is -0.383. The number of nitrogens with zero attached hydrogens (tertiary/aromatic N) is 2. The number of fused-ring (bicyclic) bond motifs is 2. The van der Waals surface area contributed by atoms with Crippen LogP contribution in [0.5, 0.6) is 0 Å². The van der Waals surface area contributed by atoms with Gasteiger partial charge in [-0.3, -0.25) is 14.9 Å². The smallest absolute Gasteiger partial charge is 0.282 e. The zero-order valence-corrected chi connectivity index (χ0v) is 11.2. The van der Waals surface area contributed by atoms with Crippen molar-refractivity contribution in [2.45, 2.75) is 0 Å². The number of hydrogen-bond acceptors (Lipinski definition) is 3. The molecule has 0 radical (unpaired) electrons. The monoisotopic (exact) mass is 288 g/mol. The van der Waals surface area contributed by atoms with Gasteiger partial charge < -0.3 is 4.57 Å². The standard InChI is InChI=1S/C14H9ClN2O3/c1-16-10-5-3-2-4-8(10)14(18)12-11(17(19)20)7-6-9(15)13(12)16/h2-7H,1H3. The molecule has 3 rings (SSSR count). The second kappa shape index (κ2) is 4.31. The fraction of sp³-hybridized carbons (Fsp3) is 0.0714. The van der Waals surface area contributed by atoms with E-state index < -0.39 is 4.92 Å². The molecule has 0 fully saturated rings. The number of rotatable bonds is 1. The van der Waals surface area contributed by atoms with Crippen molar-refractivity contribution in [2.24, 2.45) is 7.05 Å². The zero-order chi connectivity index (χ0) is 14.4. The quantitative estimate of drug-likeness (QED) is 0.392. The first kappa shape index (κ1) is 12.6. The van der Waals surface area contributed by atoms with Crippen molar-refractivity contribution in [1.29, 1.82) is 0 Å². The van der Waals surface area contributed by atoms with E-state index in [2.05, 4.69) is 0 Å². The van der Waals surface area contributed by atoms with Crippen molar-refractivity contribution in [1.82, 2.24) is 4.57 Å². The molecular weight excluding hydrogens is 280 g/mol. The molecule has 0 unspecified atom stereocenters. The Morgan fingerprint density at radius 1 is 1.20 bits per heavy atom. The molecule has 0 aliphatic heterocycles. The Balaban J connectivity index is 2.73. The summed E-state index contributed by atoms with van der Waals surface area (Å²) < 4.78 is 1.71. The molecule has 0 aliphatic rings. The second-order valence-electron chi connectivity index (χ2n) is 4.45. The van der Waals surface area contributed by atoms with E-state index in [1.807, 2.05) is 0 Å². The summed E-state index contributed by atoms with van der Waals surface area (Å²) in [6.45, 7) is 0. The zero-order valence-electron chi connectivity index (χ0n) is 10.5. The highest BCUT2D eigenvalue weighted by Gasteiger charge is 2.20. The average molecular weight is 289 g/mol. The van der Waals surface area contributed by atoms with Crippen LogP contribution in [0.3, 0.4) is 0 Å². The Bertz CT molecular complexity index is 931. The molecule has 100 valence electrons. The van der Waals surface area contributed by atoms with Gasteiger partial charge in [0.1, 0.15) is 5.39 Å². The number of aryl methyl sites for hydroxylation is 1.